The minimum Gasteiger partial charge on any atom is -0.279 e. The lowest BCUT2D eigenvalue weighted by Gasteiger charge is -2.12. The van der Waals surface area contributed by atoms with Crippen molar-refractivity contribution in [2.24, 2.45) is 0 Å². The lowest BCUT2D eigenvalue weighted by Crippen LogP contribution is -2.25. The first-order chi connectivity index (χ1) is 11.0. The Labute approximate surface area is 142 Å². The molecule has 0 aliphatic carbocycles. The molecular weight excluding hydrogens is 346 g/mol. The van der Waals surface area contributed by atoms with E-state index in [9.17, 15) is 16.8 Å². The Kier molecular flexibility index (Phi) is 4.70. The molecule has 0 radical (unpaired) electrons. The van der Waals surface area contributed by atoms with E-state index in [2.05, 4.69) is 0 Å². The maximum Gasteiger partial charge on any atom is 0.249 e. The van der Waals surface area contributed by atoms with Crippen LogP contribution in [-0.4, -0.2) is 21.2 Å². The van der Waals surface area contributed by atoms with Gasteiger partial charge in [-0.3, -0.25) is 5.41 Å². The van der Waals surface area contributed by atoms with Crippen molar-refractivity contribution in [2.75, 3.05) is 0 Å². The lowest BCUT2D eigenvalue weighted by atomic mass is 10.2. The quantitative estimate of drug-likeness (QED) is 0.654. The third kappa shape index (κ3) is 3.14. The van der Waals surface area contributed by atoms with Crippen LogP contribution in [-0.2, 0) is 19.7 Å². The van der Waals surface area contributed by atoms with Gasteiger partial charge in [0.25, 0.3) is 0 Å². The van der Waals surface area contributed by atoms with Gasteiger partial charge in [-0.2, -0.15) is 0 Å². The van der Waals surface area contributed by atoms with Crippen molar-refractivity contribution in [1.82, 2.24) is 0 Å². The van der Waals surface area contributed by atoms with Gasteiger partial charge in [0.1, 0.15) is 0 Å². The van der Waals surface area contributed by atoms with E-state index >= 15 is 0 Å². The van der Waals surface area contributed by atoms with E-state index in [1.807, 2.05) is 0 Å². The van der Waals surface area contributed by atoms with Gasteiger partial charge >= 0.3 is 0 Å². The van der Waals surface area contributed by atoms with Crippen molar-refractivity contribution in [3.05, 3.63) is 58.7 Å². The topological polar surface area (TPSA) is 92.1 Å². The van der Waals surface area contributed by atoms with Gasteiger partial charge in [0, 0.05) is 0 Å². The second-order valence-electron chi connectivity index (χ2n) is 5.83. The van der Waals surface area contributed by atoms with Crippen molar-refractivity contribution in [3.8, 4) is 0 Å². The molecule has 24 heavy (non-hydrogen) atoms. The smallest absolute Gasteiger partial charge is 0.249 e. The van der Waals surface area contributed by atoms with Crippen LogP contribution in [0, 0.1) is 33.1 Å². The van der Waals surface area contributed by atoms with Gasteiger partial charge in [-0.25, -0.2) is 16.8 Å². The molecule has 1 N–H and O–H groups in total. The molecule has 2 rings (SSSR count). The van der Waals surface area contributed by atoms with Gasteiger partial charge in [-0.05, 0) is 51.0 Å². The fraction of sp³-hybridized carbons (Fsp3) is 0.235. The Morgan fingerprint density at radius 3 is 1.33 bits per heavy atom. The molecule has 7 heteroatoms. The molecule has 0 saturated heterocycles. The van der Waals surface area contributed by atoms with Crippen molar-refractivity contribution >= 4 is 24.1 Å². The SMILES string of the molecule is Cc1ccc(S(=O)(=O)C(=N)S(=O)(=O)c2ccc(C)cc2C)c(C)c1. The maximum absolute atomic E-state index is 12.7. The predicted molar refractivity (Wildman–Crippen MR) is 93.9 cm³/mol. The van der Waals surface area contributed by atoms with Crippen molar-refractivity contribution in [1.29, 1.82) is 5.41 Å². The molecule has 0 atom stereocenters. The van der Waals surface area contributed by atoms with Gasteiger partial charge in [0.05, 0.1) is 9.79 Å². The van der Waals surface area contributed by atoms with Gasteiger partial charge in [-0.15, -0.1) is 0 Å². The molecule has 2 aromatic carbocycles. The molecule has 0 saturated carbocycles. The summed E-state index contributed by atoms with van der Waals surface area (Å²) < 4.78 is 49.3. The molecule has 2 aromatic rings. The highest BCUT2D eigenvalue weighted by Crippen LogP contribution is 2.25. The van der Waals surface area contributed by atoms with Crippen LogP contribution in [0.2, 0.25) is 0 Å². The van der Waals surface area contributed by atoms with Gasteiger partial charge < -0.3 is 0 Å². The fourth-order valence-corrected chi connectivity index (χ4v) is 6.10. The Morgan fingerprint density at radius 1 is 0.708 bits per heavy atom. The Morgan fingerprint density at radius 2 is 1.04 bits per heavy atom. The summed E-state index contributed by atoms with van der Waals surface area (Å²) in [6, 6.07) is 9.12. The third-order valence-electron chi connectivity index (χ3n) is 3.73. The summed E-state index contributed by atoms with van der Waals surface area (Å²) in [5.74, 6) is 0. The van der Waals surface area contributed by atoms with Crippen LogP contribution in [0.1, 0.15) is 22.3 Å². The number of sulfone groups is 2. The van der Waals surface area contributed by atoms with Crippen LogP contribution in [0.5, 0.6) is 0 Å². The molecule has 0 aliphatic rings. The molecule has 0 unspecified atom stereocenters. The zero-order valence-corrected chi connectivity index (χ0v) is 15.5. The largest absolute Gasteiger partial charge is 0.279 e. The minimum absolute atomic E-state index is 0.161. The molecule has 0 aromatic heterocycles. The lowest BCUT2D eigenvalue weighted by molar-refractivity contribution is 0.601. The average Bonchev–Trinajstić information content (AvgIpc) is 2.45. The number of hydrogen-bond donors (Lipinski definition) is 1. The van der Waals surface area contributed by atoms with Crippen LogP contribution >= 0.6 is 0 Å². The molecule has 0 amide bonds. The highest BCUT2D eigenvalue weighted by atomic mass is 32.3. The molecule has 0 spiro atoms. The standard InChI is InChI=1S/C17H19NO4S2/c1-11-5-7-15(13(3)9-11)23(19,20)17(18)24(21,22)16-8-6-12(2)10-14(16)4/h5-10,18H,1-4H3. The van der Waals surface area contributed by atoms with E-state index in [4.69, 9.17) is 5.41 Å². The Bertz CT molecular complexity index is 953. The van der Waals surface area contributed by atoms with Gasteiger partial charge in [0.15, 0.2) is 0 Å². The van der Waals surface area contributed by atoms with E-state index in [1.165, 1.54) is 12.1 Å². The van der Waals surface area contributed by atoms with Crippen LogP contribution in [0.15, 0.2) is 46.2 Å². The van der Waals surface area contributed by atoms with Crippen LogP contribution in [0.3, 0.4) is 0 Å². The van der Waals surface area contributed by atoms with Gasteiger partial charge in [0.2, 0.25) is 24.1 Å². The summed E-state index contributed by atoms with van der Waals surface area (Å²) in [5, 5.41) is 7.89. The number of rotatable bonds is 2. The predicted octanol–water partition coefficient (Wildman–Crippen LogP) is 3.10. The maximum atomic E-state index is 12.7. The molecular formula is C17H19NO4S2. The molecule has 0 fully saturated rings. The summed E-state index contributed by atoms with van der Waals surface area (Å²) in [4.78, 5) is -0.321. The monoisotopic (exact) mass is 365 g/mol. The van der Waals surface area contributed by atoms with E-state index < -0.39 is 24.1 Å². The van der Waals surface area contributed by atoms with E-state index in [0.717, 1.165) is 11.1 Å². The first-order valence-corrected chi connectivity index (χ1v) is 10.2. The summed E-state index contributed by atoms with van der Waals surface area (Å²) in [6.07, 6.45) is 0. The van der Waals surface area contributed by atoms with Crippen molar-refractivity contribution < 1.29 is 16.8 Å². The van der Waals surface area contributed by atoms with Crippen LogP contribution < -0.4 is 0 Å². The number of nitrogens with one attached hydrogen (secondary N) is 1. The zero-order chi connectivity index (χ0) is 18.3. The normalized spacial score (nSPS) is 12.2. The van der Waals surface area contributed by atoms with Crippen molar-refractivity contribution in [2.45, 2.75) is 37.5 Å². The van der Waals surface area contributed by atoms with Crippen LogP contribution in [0.4, 0.5) is 0 Å². The van der Waals surface area contributed by atoms with Gasteiger partial charge in [-0.1, -0.05) is 35.4 Å². The zero-order valence-electron chi connectivity index (χ0n) is 13.9. The van der Waals surface area contributed by atoms with E-state index in [1.54, 1.807) is 52.0 Å². The molecule has 0 bridgehead atoms. The summed E-state index contributed by atoms with van der Waals surface area (Å²) in [7, 11) is -8.85. The molecule has 128 valence electrons. The summed E-state index contributed by atoms with van der Waals surface area (Å²) in [5.41, 5.74) is 2.54. The minimum atomic E-state index is -4.42. The second kappa shape index (κ2) is 6.14. The van der Waals surface area contributed by atoms with Crippen molar-refractivity contribution in [3.63, 3.8) is 0 Å². The van der Waals surface area contributed by atoms with E-state index in [0.29, 0.717) is 11.1 Å². The van der Waals surface area contributed by atoms with E-state index in [-0.39, 0.29) is 9.79 Å². The average molecular weight is 365 g/mol. The fourth-order valence-electron chi connectivity index (χ4n) is 2.55. The number of hydrogen-bond acceptors (Lipinski definition) is 5. The third-order valence-corrected chi connectivity index (χ3v) is 8.10. The summed E-state index contributed by atoms with van der Waals surface area (Å²) >= 11 is 0. The second-order valence-corrected chi connectivity index (χ2v) is 9.80. The first kappa shape index (κ1) is 18.4. The summed E-state index contributed by atoms with van der Waals surface area (Å²) in [6.45, 7) is 6.77. The number of aryl methyl sites for hydroxylation is 4. The molecule has 5 nitrogen and oxygen atoms in total. The molecule has 0 heterocycles. The van der Waals surface area contributed by atoms with Crippen LogP contribution in [0.25, 0.3) is 0 Å². The highest BCUT2D eigenvalue weighted by Gasteiger charge is 2.35. The number of benzene rings is 2. The highest BCUT2D eigenvalue weighted by molar-refractivity contribution is 8.31. The Hall–Kier alpha value is -1.99. The first-order valence-electron chi connectivity index (χ1n) is 7.21. The molecule has 0 aliphatic heterocycles. The Balaban J connectivity index is 2.61.